The van der Waals surface area contributed by atoms with E-state index in [1.807, 2.05) is 33.8 Å². The van der Waals surface area contributed by atoms with Gasteiger partial charge in [0.2, 0.25) is 0 Å². The number of hydrogen-bond donors (Lipinski definition) is 1. The van der Waals surface area contributed by atoms with Crippen molar-refractivity contribution in [3.63, 3.8) is 0 Å². The molecule has 1 aliphatic heterocycles. The van der Waals surface area contributed by atoms with Gasteiger partial charge in [-0.3, -0.25) is 0 Å². The number of likely N-dealkylation sites (tertiary alicyclic amines) is 1. The maximum atomic E-state index is 12.2. The zero-order valence-corrected chi connectivity index (χ0v) is 13.9. The van der Waals surface area contributed by atoms with Crippen LogP contribution in [-0.4, -0.2) is 47.3 Å². The molecule has 2 rings (SSSR count). The van der Waals surface area contributed by atoms with Crippen LogP contribution in [0.15, 0.2) is 18.3 Å². The first-order chi connectivity index (χ1) is 10.3. The van der Waals surface area contributed by atoms with Crippen molar-refractivity contribution in [2.45, 2.75) is 51.8 Å². The molecule has 6 heteroatoms. The molecular formula is C16H25N3O3. The highest BCUT2D eigenvalue weighted by molar-refractivity contribution is 5.69. The molecule has 1 N–H and O–H groups in total. The van der Waals surface area contributed by atoms with Gasteiger partial charge in [0, 0.05) is 30.9 Å². The Balaban J connectivity index is 1.97. The maximum Gasteiger partial charge on any atom is 0.410 e. The average molecular weight is 307 g/mol. The molecule has 0 bridgehead atoms. The number of ether oxygens (including phenoxy) is 2. The molecular weight excluding hydrogens is 282 g/mol. The van der Waals surface area contributed by atoms with Crippen molar-refractivity contribution in [1.82, 2.24) is 9.88 Å². The van der Waals surface area contributed by atoms with Crippen LogP contribution in [0.2, 0.25) is 0 Å². The van der Waals surface area contributed by atoms with Gasteiger partial charge in [-0.1, -0.05) is 0 Å². The van der Waals surface area contributed by atoms with Crippen molar-refractivity contribution >= 4 is 11.9 Å². The summed E-state index contributed by atoms with van der Waals surface area (Å²) in [5, 5.41) is 3.35. The Labute approximate surface area is 131 Å². The van der Waals surface area contributed by atoms with Crippen LogP contribution < -0.4 is 10.1 Å². The second-order valence-corrected chi connectivity index (χ2v) is 6.64. The van der Waals surface area contributed by atoms with Crippen LogP contribution in [0.5, 0.6) is 5.75 Å². The number of hydrogen-bond acceptors (Lipinski definition) is 5. The summed E-state index contributed by atoms with van der Waals surface area (Å²) < 4.78 is 10.6. The van der Waals surface area contributed by atoms with Crippen LogP contribution in [0, 0.1) is 0 Å². The fraction of sp³-hybridized carbons (Fsp3) is 0.625. The van der Waals surface area contributed by atoms with Crippen molar-refractivity contribution < 1.29 is 14.3 Å². The van der Waals surface area contributed by atoms with Gasteiger partial charge in [-0.25, -0.2) is 9.78 Å². The van der Waals surface area contributed by atoms with E-state index < -0.39 is 5.60 Å². The topological polar surface area (TPSA) is 63.7 Å². The second kappa shape index (κ2) is 6.42. The van der Waals surface area contributed by atoms with Crippen molar-refractivity contribution in [3.05, 3.63) is 18.3 Å². The normalized spacial score (nSPS) is 21.6. The van der Waals surface area contributed by atoms with Gasteiger partial charge in [0.05, 0.1) is 7.11 Å². The number of carbonyl (C=O) groups is 1. The lowest BCUT2D eigenvalue weighted by Crippen LogP contribution is -2.39. The molecule has 0 unspecified atom stereocenters. The summed E-state index contributed by atoms with van der Waals surface area (Å²) >= 11 is 0. The number of aromatic nitrogens is 1. The number of amides is 1. The zero-order valence-electron chi connectivity index (χ0n) is 13.9. The highest BCUT2D eigenvalue weighted by Crippen LogP contribution is 2.24. The molecule has 0 spiro atoms. The molecule has 0 aromatic carbocycles. The lowest BCUT2D eigenvalue weighted by atomic mass is 10.2. The van der Waals surface area contributed by atoms with E-state index >= 15 is 0 Å². The van der Waals surface area contributed by atoms with Crippen LogP contribution >= 0.6 is 0 Å². The molecule has 1 fully saturated rings. The molecule has 22 heavy (non-hydrogen) atoms. The summed E-state index contributed by atoms with van der Waals surface area (Å²) in [7, 11) is 1.63. The first-order valence-corrected chi connectivity index (χ1v) is 7.54. The number of pyridine rings is 1. The van der Waals surface area contributed by atoms with Crippen LogP contribution in [-0.2, 0) is 4.74 Å². The van der Waals surface area contributed by atoms with Gasteiger partial charge < -0.3 is 19.7 Å². The van der Waals surface area contributed by atoms with Crippen LogP contribution in [0.25, 0.3) is 0 Å². The van der Waals surface area contributed by atoms with Crippen molar-refractivity contribution in [1.29, 1.82) is 0 Å². The lowest BCUT2D eigenvalue weighted by Gasteiger charge is -2.26. The maximum absolute atomic E-state index is 12.2. The Morgan fingerprint density at radius 3 is 2.82 bits per heavy atom. The molecule has 122 valence electrons. The Hall–Kier alpha value is -1.98. The first-order valence-electron chi connectivity index (χ1n) is 7.54. The van der Waals surface area contributed by atoms with Gasteiger partial charge in [0.1, 0.15) is 17.2 Å². The molecule has 1 aliphatic rings. The highest BCUT2D eigenvalue weighted by Gasteiger charge is 2.35. The van der Waals surface area contributed by atoms with Crippen molar-refractivity contribution in [2.75, 3.05) is 19.0 Å². The molecule has 0 radical (unpaired) electrons. The smallest absolute Gasteiger partial charge is 0.410 e. The predicted octanol–water partition coefficient (Wildman–Crippen LogP) is 2.90. The number of nitrogens with one attached hydrogen (secondary N) is 1. The van der Waals surface area contributed by atoms with Crippen LogP contribution in [0.1, 0.15) is 34.1 Å². The lowest BCUT2D eigenvalue weighted by molar-refractivity contribution is 0.0238. The fourth-order valence-electron chi connectivity index (χ4n) is 2.54. The number of anilines is 1. The zero-order chi connectivity index (χ0) is 16.3. The summed E-state index contributed by atoms with van der Waals surface area (Å²) in [6.45, 7) is 8.27. The Kier molecular flexibility index (Phi) is 4.78. The molecule has 1 amide bonds. The molecule has 1 aromatic rings. The average Bonchev–Trinajstić information content (AvgIpc) is 2.78. The minimum atomic E-state index is -0.476. The van der Waals surface area contributed by atoms with E-state index in [1.54, 1.807) is 24.3 Å². The number of carbonyl (C=O) groups excluding carboxylic acids is 1. The van der Waals surface area contributed by atoms with Crippen molar-refractivity contribution in [2.24, 2.45) is 0 Å². The molecule has 0 aliphatic carbocycles. The third kappa shape index (κ3) is 4.26. The van der Waals surface area contributed by atoms with E-state index in [0.717, 1.165) is 18.0 Å². The highest BCUT2D eigenvalue weighted by atomic mass is 16.6. The minimum Gasteiger partial charge on any atom is -0.497 e. The van der Waals surface area contributed by atoms with E-state index in [1.165, 1.54) is 0 Å². The number of methoxy groups -OCH3 is 1. The molecule has 1 aromatic heterocycles. The van der Waals surface area contributed by atoms with Gasteiger partial charge in [0.25, 0.3) is 0 Å². The van der Waals surface area contributed by atoms with E-state index in [2.05, 4.69) is 10.3 Å². The number of nitrogens with zero attached hydrogens (tertiary/aromatic N) is 2. The largest absolute Gasteiger partial charge is 0.497 e. The van der Waals surface area contributed by atoms with E-state index in [0.29, 0.717) is 6.54 Å². The van der Waals surface area contributed by atoms with Crippen molar-refractivity contribution in [3.8, 4) is 5.75 Å². The summed E-state index contributed by atoms with van der Waals surface area (Å²) in [6.07, 6.45) is 2.30. The summed E-state index contributed by atoms with van der Waals surface area (Å²) in [4.78, 5) is 18.3. The number of rotatable bonds is 3. The Morgan fingerprint density at radius 1 is 1.45 bits per heavy atom. The van der Waals surface area contributed by atoms with Gasteiger partial charge in [-0.2, -0.15) is 0 Å². The Bertz CT molecular complexity index is 528. The van der Waals surface area contributed by atoms with Crippen LogP contribution in [0.3, 0.4) is 0 Å². The fourth-order valence-corrected chi connectivity index (χ4v) is 2.54. The molecule has 0 saturated carbocycles. The summed E-state index contributed by atoms with van der Waals surface area (Å²) in [5.41, 5.74) is -0.476. The van der Waals surface area contributed by atoms with Gasteiger partial charge in [-0.05, 0) is 40.2 Å². The van der Waals surface area contributed by atoms with E-state index in [4.69, 9.17) is 9.47 Å². The van der Waals surface area contributed by atoms with E-state index in [9.17, 15) is 4.79 Å². The monoisotopic (exact) mass is 307 g/mol. The molecule has 2 heterocycles. The predicted molar refractivity (Wildman–Crippen MR) is 85.2 cm³/mol. The van der Waals surface area contributed by atoms with E-state index in [-0.39, 0.29) is 18.2 Å². The molecule has 6 nitrogen and oxygen atoms in total. The first kappa shape index (κ1) is 16.4. The molecule has 2 atom stereocenters. The van der Waals surface area contributed by atoms with Gasteiger partial charge in [0.15, 0.2) is 0 Å². The SMILES string of the molecule is COc1ccnc(N[C@@H]2C[C@@H](C)N(C(=O)OC(C)(C)C)C2)c1. The quantitative estimate of drug-likeness (QED) is 0.930. The molecule has 1 saturated heterocycles. The van der Waals surface area contributed by atoms with Gasteiger partial charge in [-0.15, -0.1) is 0 Å². The summed E-state index contributed by atoms with van der Waals surface area (Å²) in [6, 6.07) is 3.94. The summed E-state index contributed by atoms with van der Waals surface area (Å²) in [5.74, 6) is 1.51. The Morgan fingerprint density at radius 2 is 2.18 bits per heavy atom. The third-order valence-electron chi connectivity index (χ3n) is 3.52. The minimum absolute atomic E-state index is 0.137. The van der Waals surface area contributed by atoms with Crippen LogP contribution in [0.4, 0.5) is 10.6 Å². The van der Waals surface area contributed by atoms with Gasteiger partial charge >= 0.3 is 6.09 Å². The second-order valence-electron chi connectivity index (χ2n) is 6.64. The third-order valence-corrected chi connectivity index (χ3v) is 3.52. The standard InChI is InChI=1S/C16H25N3O3/c1-11-8-12(10-19(11)15(20)22-16(2,3)4)18-14-9-13(21-5)6-7-17-14/h6-7,9,11-12H,8,10H2,1-5H3,(H,17,18)/t11-,12-/m1/s1.